The Morgan fingerprint density at radius 2 is 1.63 bits per heavy atom. The van der Waals surface area contributed by atoms with Crippen LogP contribution < -0.4 is 14.3 Å². The van der Waals surface area contributed by atoms with E-state index in [2.05, 4.69) is 15.0 Å². The second kappa shape index (κ2) is 10.4. The van der Waals surface area contributed by atoms with Crippen molar-refractivity contribution in [3.05, 3.63) is 78.1 Å². The number of anilines is 3. The van der Waals surface area contributed by atoms with E-state index >= 15 is 0 Å². The van der Waals surface area contributed by atoms with Gasteiger partial charge in [0.25, 0.3) is 10.0 Å². The number of hydrogen-bond donors (Lipinski definition) is 2. The van der Waals surface area contributed by atoms with Gasteiger partial charge in [-0.05, 0) is 67.4 Å². The van der Waals surface area contributed by atoms with Crippen LogP contribution in [-0.4, -0.2) is 52.7 Å². The zero-order chi connectivity index (χ0) is 25.8. The van der Waals surface area contributed by atoms with Gasteiger partial charge in [-0.3, -0.25) is 14.5 Å². The monoisotopic (exact) mass is 517 g/mol. The zero-order valence-corrected chi connectivity index (χ0v) is 21.4. The Morgan fingerprint density at radius 1 is 0.943 bits per heavy atom. The molecule has 35 heavy (non-hydrogen) atoms. The number of aryl methyl sites for hydroxylation is 2. The van der Waals surface area contributed by atoms with Crippen LogP contribution in [0.5, 0.6) is 0 Å². The number of hydrogen-bond acceptors (Lipinski definition) is 6. The van der Waals surface area contributed by atoms with Gasteiger partial charge in [0.15, 0.2) is 0 Å². The van der Waals surface area contributed by atoms with Crippen molar-refractivity contribution in [1.82, 2.24) is 9.29 Å². The molecule has 0 spiro atoms. The van der Waals surface area contributed by atoms with Gasteiger partial charge in [0.05, 0.1) is 22.5 Å². The first-order chi connectivity index (χ1) is 16.4. The van der Waals surface area contributed by atoms with E-state index in [9.17, 15) is 21.6 Å². The summed E-state index contributed by atoms with van der Waals surface area (Å²) in [5.41, 5.74) is 2.58. The van der Waals surface area contributed by atoms with E-state index in [4.69, 9.17) is 0 Å². The predicted octanol–water partition coefficient (Wildman–Crippen LogP) is 2.75. The quantitative estimate of drug-likeness (QED) is 0.449. The van der Waals surface area contributed by atoms with E-state index in [1.54, 1.807) is 31.2 Å². The maximum Gasteiger partial charge on any atom is 0.304 e. The van der Waals surface area contributed by atoms with Crippen molar-refractivity contribution in [2.24, 2.45) is 0 Å². The maximum atomic E-state index is 13.0. The predicted molar refractivity (Wildman–Crippen MR) is 136 cm³/mol. The first kappa shape index (κ1) is 26.1. The number of pyridine rings is 1. The minimum absolute atomic E-state index is 0.00782. The normalized spacial score (nSPS) is 11.8. The number of carbonyl (C=O) groups is 1. The number of carbonyl (C=O) groups excluding carboxylic acids is 1. The SMILES string of the molecule is Cc1ccc(C)c(N(CC(=O)Nc2ccc(S(=O)(=O)Nc3cccnc3)cc2)S(=O)(=O)N(C)C)c1. The van der Waals surface area contributed by atoms with Gasteiger partial charge in [0, 0.05) is 26.0 Å². The summed E-state index contributed by atoms with van der Waals surface area (Å²) in [6.07, 6.45) is 2.91. The third-order valence-corrected chi connectivity index (χ3v) is 8.23. The summed E-state index contributed by atoms with van der Waals surface area (Å²) < 4.78 is 55.6. The van der Waals surface area contributed by atoms with E-state index in [1.807, 2.05) is 13.0 Å². The molecule has 2 N–H and O–H groups in total. The number of sulfonamides is 1. The van der Waals surface area contributed by atoms with E-state index in [0.29, 0.717) is 22.6 Å². The van der Waals surface area contributed by atoms with E-state index < -0.39 is 32.7 Å². The number of amides is 1. The van der Waals surface area contributed by atoms with Gasteiger partial charge in [-0.25, -0.2) is 12.7 Å². The van der Waals surface area contributed by atoms with Gasteiger partial charge in [0.1, 0.15) is 6.54 Å². The highest BCUT2D eigenvalue weighted by atomic mass is 32.2. The molecular weight excluding hydrogens is 490 g/mol. The van der Waals surface area contributed by atoms with Crippen LogP contribution >= 0.6 is 0 Å². The fourth-order valence-electron chi connectivity index (χ4n) is 3.16. The summed E-state index contributed by atoms with van der Waals surface area (Å²) in [6.45, 7) is 3.14. The molecule has 1 heterocycles. The van der Waals surface area contributed by atoms with E-state index in [-0.39, 0.29) is 4.90 Å². The molecular formula is C23H27N5O5S2. The van der Waals surface area contributed by atoms with E-state index in [1.165, 1.54) is 50.8 Å². The second-order valence-corrected chi connectivity index (χ2v) is 11.8. The average molecular weight is 518 g/mol. The number of nitrogens with zero attached hydrogens (tertiary/aromatic N) is 3. The van der Waals surface area contributed by atoms with Crippen LogP contribution in [0.25, 0.3) is 0 Å². The Balaban J connectivity index is 1.78. The van der Waals surface area contributed by atoms with Gasteiger partial charge in [-0.2, -0.15) is 12.7 Å². The molecule has 0 bridgehead atoms. The fourth-order valence-corrected chi connectivity index (χ4v) is 5.33. The van der Waals surface area contributed by atoms with Crippen LogP contribution in [-0.2, 0) is 25.0 Å². The van der Waals surface area contributed by atoms with Crippen molar-refractivity contribution >= 4 is 43.2 Å². The summed E-state index contributed by atoms with van der Waals surface area (Å²) in [6, 6.07) is 14.1. The average Bonchev–Trinajstić information content (AvgIpc) is 2.80. The van der Waals surface area contributed by atoms with Crippen molar-refractivity contribution in [2.75, 3.05) is 35.0 Å². The molecule has 0 aliphatic carbocycles. The lowest BCUT2D eigenvalue weighted by atomic mass is 10.1. The molecule has 0 radical (unpaired) electrons. The summed E-state index contributed by atoms with van der Waals surface area (Å²) in [5.74, 6) is -0.583. The third-order valence-electron chi connectivity index (χ3n) is 5.02. The molecule has 0 fully saturated rings. The van der Waals surface area contributed by atoms with Crippen LogP contribution in [0.15, 0.2) is 71.9 Å². The molecule has 2 aromatic carbocycles. The highest BCUT2D eigenvalue weighted by molar-refractivity contribution is 7.92. The molecule has 0 atom stereocenters. The number of aromatic nitrogens is 1. The largest absolute Gasteiger partial charge is 0.325 e. The van der Waals surface area contributed by atoms with Crippen molar-refractivity contribution in [2.45, 2.75) is 18.7 Å². The van der Waals surface area contributed by atoms with Gasteiger partial charge in [-0.1, -0.05) is 12.1 Å². The highest BCUT2D eigenvalue weighted by Gasteiger charge is 2.28. The highest BCUT2D eigenvalue weighted by Crippen LogP contribution is 2.25. The number of benzene rings is 2. The topological polar surface area (TPSA) is 129 Å². The van der Waals surface area contributed by atoms with Gasteiger partial charge in [0.2, 0.25) is 5.91 Å². The van der Waals surface area contributed by atoms with Crippen molar-refractivity contribution in [3.63, 3.8) is 0 Å². The van der Waals surface area contributed by atoms with Crippen LogP contribution in [0, 0.1) is 13.8 Å². The molecule has 0 aliphatic heterocycles. The Morgan fingerprint density at radius 3 is 2.23 bits per heavy atom. The summed E-state index contributed by atoms with van der Waals surface area (Å²) in [5, 5.41) is 2.63. The van der Waals surface area contributed by atoms with Crippen LogP contribution in [0.2, 0.25) is 0 Å². The fraction of sp³-hybridized carbons (Fsp3) is 0.217. The standard InChI is InChI=1S/C23H27N5O5S2/c1-17-7-8-18(2)22(14-17)28(35(32,33)27(3)4)16-23(29)25-19-9-11-21(12-10-19)34(30,31)26-20-6-5-13-24-15-20/h5-15,26H,16H2,1-4H3,(H,25,29). The summed E-state index contributed by atoms with van der Waals surface area (Å²) in [4.78, 5) is 16.7. The van der Waals surface area contributed by atoms with Crippen LogP contribution in [0.4, 0.5) is 17.1 Å². The lowest BCUT2D eigenvalue weighted by Gasteiger charge is -2.28. The van der Waals surface area contributed by atoms with Crippen LogP contribution in [0.3, 0.4) is 0 Å². The lowest BCUT2D eigenvalue weighted by molar-refractivity contribution is -0.114. The molecule has 1 amide bonds. The Kier molecular flexibility index (Phi) is 7.78. The third kappa shape index (κ3) is 6.35. The minimum Gasteiger partial charge on any atom is -0.325 e. The number of nitrogens with one attached hydrogen (secondary N) is 2. The molecule has 0 saturated heterocycles. The molecule has 12 heteroatoms. The molecule has 10 nitrogen and oxygen atoms in total. The molecule has 3 rings (SSSR count). The van der Waals surface area contributed by atoms with Gasteiger partial charge in [-0.15, -0.1) is 0 Å². The molecule has 3 aromatic rings. The second-order valence-electron chi connectivity index (χ2n) is 8.01. The Labute approximate surface area is 205 Å². The molecule has 0 saturated carbocycles. The van der Waals surface area contributed by atoms with Gasteiger partial charge < -0.3 is 5.32 Å². The number of rotatable bonds is 9. The molecule has 186 valence electrons. The summed E-state index contributed by atoms with van der Waals surface area (Å²) >= 11 is 0. The molecule has 0 aliphatic rings. The van der Waals surface area contributed by atoms with Gasteiger partial charge >= 0.3 is 10.2 Å². The molecule has 0 unspecified atom stereocenters. The molecule has 1 aromatic heterocycles. The smallest absolute Gasteiger partial charge is 0.304 e. The summed E-state index contributed by atoms with van der Waals surface area (Å²) in [7, 11) is -5.02. The van der Waals surface area contributed by atoms with Crippen molar-refractivity contribution in [1.29, 1.82) is 0 Å². The maximum absolute atomic E-state index is 13.0. The van der Waals surface area contributed by atoms with Crippen molar-refractivity contribution < 1.29 is 21.6 Å². The Bertz CT molecular complexity index is 1410. The first-order valence-electron chi connectivity index (χ1n) is 10.5. The minimum atomic E-state index is -3.96. The zero-order valence-electron chi connectivity index (χ0n) is 19.8. The lowest BCUT2D eigenvalue weighted by Crippen LogP contribution is -2.44. The van der Waals surface area contributed by atoms with E-state index in [0.717, 1.165) is 14.2 Å². The Hall–Kier alpha value is -3.48. The van der Waals surface area contributed by atoms with Crippen LogP contribution in [0.1, 0.15) is 11.1 Å². The van der Waals surface area contributed by atoms with Crippen molar-refractivity contribution in [3.8, 4) is 0 Å². The first-order valence-corrected chi connectivity index (χ1v) is 13.4.